The van der Waals surface area contributed by atoms with Crippen molar-refractivity contribution in [3.63, 3.8) is 0 Å². The average Bonchev–Trinajstić information content (AvgIpc) is 2.96. The summed E-state index contributed by atoms with van der Waals surface area (Å²) in [6.07, 6.45) is 3.44. The van der Waals surface area contributed by atoms with Crippen LogP contribution in [0.5, 0.6) is 0 Å². The molecular weight excluding hydrogens is 334 g/mol. The van der Waals surface area contributed by atoms with E-state index in [2.05, 4.69) is 4.99 Å². The van der Waals surface area contributed by atoms with Crippen LogP contribution < -0.4 is 0 Å². The molecule has 0 unspecified atom stereocenters. The second-order valence-electron chi connectivity index (χ2n) is 6.41. The van der Waals surface area contributed by atoms with Crippen molar-refractivity contribution < 1.29 is 9.53 Å². The molecule has 0 N–H and O–H groups in total. The van der Waals surface area contributed by atoms with Gasteiger partial charge in [0.05, 0.1) is 5.57 Å². The maximum Gasteiger partial charge on any atom is 0.336 e. The molecule has 3 heteroatoms. The molecule has 0 bridgehead atoms. The minimum atomic E-state index is -0.455. The summed E-state index contributed by atoms with van der Waals surface area (Å²) < 4.78 is 5.95. The molecule has 3 nitrogen and oxygen atoms in total. The van der Waals surface area contributed by atoms with Gasteiger partial charge in [0, 0.05) is 18.8 Å². The highest BCUT2D eigenvalue weighted by atomic mass is 16.5. The van der Waals surface area contributed by atoms with E-state index >= 15 is 0 Å². The van der Waals surface area contributed by atoms with Gasteiger partial charge in [-0.05, 0) is 22.3 Å². The van der Waals surface area contributed by atoms with Gasteiger partial charge in [0.15, 0.2) is 6.10 Å². The van der Waals surface area contributed by atoms with Crippen LogP contribution in [-0.4, -0.2) is 12.2 Å². The number of carbonyl (C=O) groups is 1. The fraction of sp³-hybridized carbons (Fsp3) is 0.0833. The fourth-order valence-corrected chi connectivity index (χ4v) is 3.17. The smallest absolute Gasteiger partial charge is 0.336 e. The number of aliphatic imine (C=N–C) groups is 1. The molecule has 0 atom stereocenters. The molecule has 0 spiro atoms. The Kier molecular flexibility index (Phi) is 4.93. The molecule has 3 aromatic carbocycles. The molecule has 1 aliphatic heterocycles. The quantitative estimate of drug-likeness (QED) is 0.627. The molecule has 4 rings (SSSR count). The zero-order chi connectivity index (χ0) is 18.5. The van der Waals surface area contributed by atoms with Gasteiger partial charge in [-0.15, -0.1) is 0 Å². The first kappa shape index (κ1) is 17.0. The first-order valence-electron chi connectivity index (χ1n) is 8.92. The summed E-state index contributed by atoms with van der Waals surface area (Å²) in [6.45, 7) is 0. The Hall–Kier alpha value is -3.46. The number of hydrogen-bond acceptors (Lipinski definition) is 3. The standard InChI is InChI=1S/C24H19NO2/c26-24(22-15-20-13-7-8-14-21(20)16-25-17-22)27-23(18-9-3-1-4-10-18)19-11-5-2-6-12-19/h1-14,16-17,23H,15H2. The lowest BCUT2D eigenvalue weighted by atomic mass is 10.00. The second-order valence-corrected chi connectivity index (χ2v) is 6.41. The first-order chi connectivity index (χ1) is 13.3. The molecule has 0 aliphatic carbocycles. The van der Waals surface area contributed by atoms with E-state index in [0.717, 1.165) is 22.3 Å². The molecule has 132 valence electrons. The van der Waals surface area contributed by atoms with Crippen LogP contribution in [0.15, 0.2) is 102 Å². The maximum atomic E-state index is 13.0. The third kappa shape index (κ3) is 3.87. The lowest BCUT2D eigenvalue weighted by Crippen LogP contribution is -2.16. The molecule has 0 radical (unpaired) electrons. The van der Waals surface area contributed by atoms with Crippen molar-refractivity contribution in [3.8, 4) is 0 Å². The number of benzene rings is 3. The summed E-state index contributed by atoms with van der Waals surface area (Å²) >= 11 is 0. The molecule has 0 amide bonds. The highest BCUT2D eigenvalue weighted by Gasteiger charge is 2.22. The molecule has 1 heterocycles. The van der Waals surface area contributed by atoms with Gasteiger partial charge in [0.2, 0.25) is 0 Å². The number of nitrogens with zero attached hydrogens (tertiary/aromatic N) is 1. The second kappa shape index (κ2) is 7.83. The van der Waals surface area contributed by atoms with E-state index in [1.54, 1.807) is 12.4 Å². The summed E-state index contributed by atoms with van der Waals surface area (Å²) in [6, 6.07) is 27.5. The van der Waals surface area contributed by atoms with E-state index in [-0.39, 0.29) is 5.97 Å². The van der Waals surface area contributed by atoms with Gasteiger partial charge in [0.1, 0.15) is 0 Å². The molecule has 0 aromatic heterocycles. The number of ether oxygens (including phenoxy) is 1. The molecule has 0 saturated carbocycles. The van der Waals surface area contributed by atoms with Gasteiger partial charge >= 0.3 is 5.97 Å². The van der Waals surface area contributed by atoms with Crippen LogP contribution in [0, 0.1) is 0 Å². The first-order valence-corrected chi connectivity index (χ1v) is 8.92. The number of carbonyl (C=O) groups excluding carboxylic acids is 1. The van der Waals surface area contributed by atoms with Gasteiger partial charge in [-0.25, -0.2) is 4.79 Å². The molecule has 3 aromatic rings. The number of fused-ring (bicyclic) bond motifs is 1. The summed E-state index contributed by atoms with van der Waals surface area (Å²) in [7, 11) is 0. The predicted molar refractivity (Wildman–Crippen MR) is 107 cm³/mol. The SMILES string of the molecule is O=C(OC(c1ccccc1)c1ccccc1)C1=CN=Cc2ccccc2C1. The third-order valence-electron chi connectivity index (χ3n) is 4.57. The Morgan fingerprint density at radius 3 is 2.07 bits per heavy atom. The van der Waals surface area contributed by atoms with E-state index in [4.69, 9.17) is 4.74 Å². The van der Waals surface area contributed by atoms with E-state index in [1.165, 1.54) is 0 Å². The Balaban J connectivity index is 1.61. The van der Waals surface area contributed by atoms with Crippen LogP contribution in [0.25, 0.3) is 0 Å². The van der Waals surface area contributed by atoms with Gasteiger partial charge in [-0.3, -0.25) is 4.99 Å². The summed E-state index contributed by atoms with van der Waals surface area (Å²) in [5, 5.41) is 0. The summed E-state index contributed by atoms with van der Waals surface area (Å²) in [5.74, 6) is -0.346. The van der Waals surface area contributed by atoms with Crippen molar-refractivity contribution in [1.29, 1.82) is 0 Å². The largest absolute Gasteiger partial charge is 0.449 e. The van der Waals surface area contributed by atoms with Crippen LogP contribution in [0.2, 0.25) is 0 Å². The van der Waals surface area contributed by atoms with Gasteiger partial charge in [0.25, 0.3) is 0 Å². The van der Waals surface area contributed by atoms with Crippen LogP contribution in [0.4, 0.5) is 0 Å². The van der Waals surface area contributed by atoms with Crippen LogP contribution in [0.3, 0.4) is 0 Å². The molecule has 27 heavy (non-hydrogen) atoms. The van der Waals surface area contributed by atoms with Gasteiger partial charge < -0.3 is 4.74 Å². The molecule has 0 fully saturated rings. The topological polar surface area (TPSA) is 38.7 Å². The number of rotatable bonds is 4. The molecule has 0 saturated heterocycles. The van der Waals surface area contributed by atoms with Crippen LogP contribution in [-0.2, 0) is 16.0 Å². The van der Waals surface area contributed by atoms with E-state index < -0.39 is 6.10 Å². The van der Waals surface area contributed by atoms with E-state index in [0.29, 0.717) is 12.0 Å². The van der Waals surface area contributed by atoms with Crippen molar-refractivity contribution in [2.45, 2.75) is 12.5 Å². The third-order valence-corrected chi connectivity index (χ3v) is 4.57. The predicted octanol–water partition coefficient (Wildman–Crippen LogP) is 4.88. The van der Waals surface area contributed by atoms with Crippen LogP contribution >= 0.6 is 0 Å². The van der Waals surface area contributed by atoms with Gasteiger partial charge in [-0.1, -0.05) is 84.9 Å². The number of esters is 1. The maximum absolute atomic E-state index is 13.0. The van der Waals surface area contributed by atoms with Crippen LogP contribution in [0.1, 0.15) is 28.4 Å². The molecule has 1 aliphatic rings. The zero-order valence-electron chi connectivity index (χ0n) is 14.8. The Morgan fingerprint density at radius 2 is 1.41 bits per heavy atom. The van der Waals surface area contributed by atoms with Crippen molar-refractivity contribution in [3.05, 3.63) is 119 Å². The zero-order valence-corrected chi connectivity index (χ0v) is 14.8. The average molecular weight is 353 g/mol. The molecular formula is C24H19NO2. The lowest BCUT2D eigenvalue weighted by molar-refractivity contribution is -0.142. The fourth-order valence-electron chi connectivity index (χ4n) is 3.17. The monoisotopic (exact) mass is 353 g/mol. The normalized spacial score (nSPS) is 12.9. The Morgan fingerprint density at radius 1 is 0.815 bits per heavy atom. The van der Waals surface area contributed by atoms with E-state index in [9.17, 15) is 4.79 Å². The van der Waals surface area contributed by atoms with E-state index in [1.807, 2.05) is 84.9 Å². The Bertz CT molecular complexity index is 952. The summed E-state index contributed by atoms with van der Waals surface area (Å²) in [4.78, 5) is 17.2. The highest BCUT2D eigenvalue weighted by Crippen LogP contribution is 2.28. The van der Waals surface area contributed by atoms with Crippen molar-refractivity contribution in [2.24, 2.45) is 4.99 Å². The van der Waals surface area contributed by atoms with Crippen molar-refractivity contribution >= 4 is 12.2 Å². The lowest BCUT2D eigenvalue weighted by Gasteiger charge is -2.19. The minimum Gasteiger partial charge on any atom is -0.449 e. The van der Waals surface area contributed by atoms with Crippen molar-refractivity contribution in [2.75, 3.05) is 0 Å². The summed E-state index contributed by atoms with van der Waals surface area (Å²) in [5.41, 5.74) is 4.52. The van der Waals surface area contributed by atoms with Crippen molar-refractivity contribution in [1.82, 2.24) is 0 Å². The highest BCUT2D eigenvalue weighted by molar-refractivity contribution is 5.92. The minimum absolute atomic E-state index is 0.346. The Labute approximate surface area is 158 Å². The number of hydrogen-bond donors (Lipinski definition) is 0. The van der Waals surface area contributed by atoms with Gasteiger partial charge in [-0.2, -0.15) is 0 Å².